The van der Waals surface area contributed by atoms with Gasteiger partial charge in [-0.1, -0.05) is 25.1 Å². The number of nitrogens with one attached hydrogen (secondary N) is 1. The molecule has 0 radical (unpaired) electrons. The molecule has 3 rings (SSSR count). The van der Waals surface area contributed by atoms with Crippen molar-refractivity contribution >= 4 is 23.2 Å². The van der Waals surface area contributed by atoms with Crippen molar-refractivity contribution in [1.29, 1.82) is 0 Å². The maximum atomic E-state index is 12.4. The number of anilines is 1. The number of nitrogens with zero attached hydrogens (tertiary/aromatic N) is 4. The third-order valence-corrected chi connectivity index (χ3v) is 4.59. The summed E-state index contributed by atoms with van der Waals surface area (Å²) in [5, 5.41) is 13.2. The normalized spacial score (nSPS) is 11.0. The Morgan fingerprint density at radius 1 is 1.44 bits per heavy atom. The largest absolute Gasteiger partial charge is 0.361 e. The second kappa shape index (κ2) is 7.52. The molecule has 0 saturated heterocycles. The van der Waals surface area contributed by atoms with Crippen LogP contribution in [-0.2, 0) is 13.1 Å². The number of thiophene rings is 1. The molecule has 0 aliphatic heterocycles. The highest BCUT2D eigenvalue weighted by Gasteiger charge is 2.15. The number of carbonyl (C=O) groups is 1. The van der Waals surface area contributed by atoms with Gasteiger partial charge in [0.2, 0.25) is 0 Å². The Morgan fingerprint density at radius 3 is 2.96 bits per heavy atom. The summed E-state index contributed by atoms with van der Waals surface area (Å²) in [5.41, 5.74) is 0.730. The molecule has 8 heteroatoms. The minimum Gasteiger partial charge on any atom is -0.361 e. The predicted octanol–water partition coefficient (Wildman–Crippen LogP) is 3.77. The standard InChI is InChI=1S/C17H21N5O2S/c1-12(2)15-9-13(20-24-15)10-21(3)17(23)19-16-6-7-18-22(16)11-14-5-4-8-25-14/h4-9,12H,10-11H2,1-3H3,(H,19,23). The molecule has 0 aromatic carbocycles. The summed E-state index contributed by atoms with van der Waals surface area (Å²) in [6, 6.07) is 7.49. The summed E-state index contributed by atoms with van der Waals surface area (Å²) < 4.78 is 7.04. The zero-order valence-electron chi connectivity index (χ0n) is 14.5. The van der Waals surface area contributed by atoms with E-state index in [4.69, 9.17) is 4.52 Å². The average Bonchev–Trinajstić information content (AvgIpc) is 3.30. The Bertz CT molecular complexity index is 822. The number of hydrogen-bond acceptors (Lipinski definition) is 5. The van der Waals surface area contributed by atoms with Gasteiger partial charge in [0.25, 0.3) is 0 Å². The highest BCUT2D eigenvalue weighted by molar-refractivity contribution is 7.09. The first kappa shape index (κ1) is 17.2. The van der Waals surface area contributed by atoms with E-state index >= 15 is 0 Å². The Morgan fingerprint density at radius 2 is 2.28 bits per heavy atom. The lowest BCUT2D eigenvalue weighted by Crippen LogP contribution is -2.31. The molecule has 1 N–H and O–H groups in total. The predicted molar refractivity (Wildman–Crippen MR) is 96.7 cm³/mol. The molecule has 3 heterocycles. The van der Waals surface area contributed by atoms with Crippen molar-refractivity contribution in [2.75, 3.05) is 12.4 Å². The quantitative estimate of drug-likeness (QED) is 0.727. The van der Waals surface area contributed by atoms with Crippen LogP contribution in [0.2, 0.25) is 0 Å². The van der Waals surface area contributed by atoms with E-state index in [1.807, 2.05) is 37.4 Å². The monoisotopic (exact) mass is 359 g/mol. The van der Waals surface area contributed by atoms with Gasteiger partial charge in [0.15, 0.2) is 0 Å². The van der Waals surface area contributed by atoms with Gasteiger partial charge in [0.1, 0.15) is 17.3 Å². The number of aromatic nitrogens is 3. The fourth-order valence-electron chi connectivity index (χ4n) is 2.31. The molecule has 0 bridgehead atoms. The Balaban J connectivity index is 1.60. The van der Waals surface area contributed by atoms with Crippen LogP contribution in [0.25, 0.3) is 0 Å². The summed E-state index contributed by atoms with van der Waals surface area (Å²) in [6.07, 6.45) is 1.68. The first-order valence-corrected chi connectivity index (χ1v) is 8.92. The van der Waals surface area contributed by atoms with Crippen LogP contribution in [-0.4, -0.2) is 32.9 Å². The molecule has 132 valence electrons. The molecule has 2 amide bonds. The molecule has 7 nitrogen and oxygen atoms in total. The van der Waals surface area contributed by atoms with E-state index in [9.17, 15) is 4.79 Å². The molecule has 0 fully saturated rings. The zero-order chi connectivity index (χ0) is 17.8. The van der Waals surface area contributed by atoms with E-state index < -0.39 is 0 Å². The number of carbonyl (C=O) groups excluding carboxylic acids is 1. The lowest BCUT2D eigenvalue weighted by atomic mass is 10.1. The second-order valence-electron chi connectivity index (χ2n) is 6.11. The third kappa shape index (κ3) is 4.27. The molecule has 0 aliphatic carbocycles. The molecular formula is C17H21N5O2S. The fourth-order valence-corrected chi connectivity index (χ4v) is 3.00. The van der Waals surface area contributed by atoms with Crippen LogP contribution >= 0.6 is 11.3 Å². The fraction of sp³-hybridized carbons (Fsp3) is 0.353. The van der Waals surface area contributed by atoms with Gasteiger partial charge in [-0.25, -0.2) is 9.48 Å². The smallest absolute Gasteiger partial charge is 0.323 e. The third-order valence-electron chi connectivity index (χ3n) is 3.73. The highest BCUT2D eigenvalue weighted by atomic mass is 32.1. The zero-order valence-corrected chi connectivity index (χ0v) is 15.3. The molecule has 0 atom stereocenters. The SMILES string of the molecule is CC(C)c1cc(CN(C)C(=O)Nc2ccnn2Cc2cccs2)no1. The second-order valence-corrected chi connectivity index (χ2v) is 7.15. The lowest BCUT2D eigenvalue weighted by Gasteiger charge is -2.17. The molecule has 3 aromatic heterocycles. The summed E-state index contributed by atoms with van der Waals surface area (Å²) in [4.78, 5) is 15.2. The molecule has 0 spiro atoms. The van der Waals surface area contributed by atoms with E-state index in [1.54, 1.807) is 40.2 Å². The molecule has 3 aromatic rings. The Kier molecular flexibility index (Phi) is 5.18. The van der Waals surface area contributed by atoms with E-state index in [2.05, 4.69) is 15.6 Å². The summed E-state index contributed by atoms with van der Waals surface area (Å²) in [6.45, 7) is 5.08. The maximum absolute atomic E-state index is 12.4. The first-order valence-electron chi connectivity index (χ1n) is 8.04. The maximum Gasteiger partial charge on any atom is 0.323 e. The van der Waals surface area contributed by atoms with Gasteiger partial charge in [-0.3, -0.25) is 5.32 Å². The van der Waals surface area contributed by atoms with E-state index in [0.29, 0.717) is 18.9 Å². The van der Waals surface area contributed by atoms with E-state index in [-0.39, 0.29) is 11.9 Å². The van der Waals surface area contributed by atoms with E-state index in [1.165, 1.54) is 4.88 Å². The van der Waals surface area contributed by atoms with Gasteiger partial charge in [0, 0.05) is 30.0 Å². The number of amides is 2. The molecule has 0 saturated carbocycles. The van der Waals surface area contributed by atoms with Crippen molar-refractivity contribution in [3.8, 4) is 0 Å². The van der Waals surface area contributed by atoms with Crippen molar-refractivity contribution < 1.29 is 9.32 Å². The topological polar surface area (TPSA) is 76.2 Å². The minimum absolute atomic E-state index is 0.220. The van der Waals surface area contributed by atoms with Crippen molar-refractivity contribution in [1.82, 2.24) is 19.8 Å². The van der Waals surface area contributed by atoms with Gasteiger partial charge in [0.05, 0.1) is 19.3 Å². The molecular weight excluding hydrogens is 338 g/mol. The van der Waals surface area contributed by atoms with Crippen LogP contribution in [0.5, 0.6) is 0 Å². The van der Waals surface area contributed by atoms with Gasteiger partial charge in [-0.2, -0.15) is 5.10 Å². The van der Waals surface area contributed by atoms with Crippen molar-refractivity contribution in [2.45, 2.75) is 32.9 Å². The molecule has 0 aliphatic rings. The summed E-state index contributed by atoms with van der Waals surface area (Å²) >= 11 is 1.66. The van der Waals surface area contributed by atoms with Gasteiger partial charge >= 0.3 is 6.03 Å². The van der Waals surface area contributed by atoms with Crippen molar-refractivity contribution in [3.63, 3.8) is 0 Å². The number of urea groups is 1. The minimum atomic E-state index is -0.220. The lowest BCUT2D eigenvalue weighted by molar-refractivity contribution is 0.219. The van der Waals surface area contributed by atoms with Crippen LogP contribution in [0, 0.1) is 0 Å². The highest BCUT2D eigenvalue weighted by Crippen LogP contribution is 2.17. The summed E-state index contributed by atoms with van der Waals surface area (Å²) in [5.74, 6) is 1.75. The van der Waals surface area contributed by atoms with Gasteiger partial charge in [-0.05, 0) is 11.4 Å². The van der Waals surface area contributed by atoms with Crippen LogP contribution < -0.4 is 5.32 Å². The van der Waals surface area contributed by atoms with Crippen molar-refractivity contribution in [3.05, 3.63) is 52.2 Å². The molecule has 0 unspecified atom stereocenters. The van der Waals surface area contributed by atoms with Gasteiger partial charge in [-0.15, -0.1) is 11.3 Å². The van der Waals surface area contributed by atoms with Crippen LogP contribution in [0.15, 0.2) is 40.4 Å². The first-order chi connectivity index (χ1) is 12.0. The Hall–Kier alpha value is -2.61. The molecule has 25 heavy (non-hydrogen) atoms. The average molecular weight is 359 g/mol. The van der Waals surface area contributed by atoms with Crippen molar-refractivity contribution in [2.24, 2.45) is 0 Å². The van der Waals surface area contributed by atoms with Crippen LogP contribution in [0.1, 0.15) is 36.1 Å². The van der Waals surface area contributed by atoms with Gasteiger partial charge < -0.3 is 9.42 Å². The number of rotatable bonds is 6. The summed E-state index contributed by atoms with van der Waals surface area (Å²) in [7, 11) is 1.72. The van der Waals surface area contributed by atoms with E-state index in [0.717, 1.165) is 11.5 Å². The van der Waals surface area contributed by atoms with Crippen LogP contribution in [0.4, 0.5) is 10.6 Å². The van der Waals surface area contributed by atoms with Crippen LogP contribution in [0.3, 0.4) is 0 Å². The number of hydrogen-bond donors (Lipinski definition) is 1. The Labute approximate surface area is 150 Å².